The van der Waals surface area contributed by atoms with Crippen LogP contribution >= 0.6 is 0 Å². The summed E-state index contributed by atoms with van der Waals surface area (Å²) < 4.78 is 33.8. The SMILES string of the molecule is CCCC(OC)c1noc(CC(=O)C(F)F)n1. The standard InChI is InChI=1S/C10H14F2N2O3/c1-3-4-7(16-2)10-13-8(17-14-10)5-6(15)9(11)12/h7,9H,3-5H2,1-2H3. The van der Waals surface area contributed by atoms with Gasteiger partial charge in [0.1, 0.15) is 6.10 Å². The van der Waals surface area contributed by atoms with Gasteiger partial charge in [0.2, 0.25) is 17.5 Å². The first-order valence-electron chi connectivity index (χ1n) is 5.24. The zero-order chi connectivity index (χ0) is 12.8. The number of rotatable bonds is 7. The zero-order valence-electron chi connectivity index (χ0n) is 9.65. The van der Waals surface area contributed by atoms with Crippen molar-refractivity contribution in [3.05, 3.63) is 11.7 Å². The van der Waals surface area contributed by atoms with Crippen molar-refractivity contribution in [3.8, 4) is 0 Å². The highest BCUT2D eigenvalue weighted by Crippen LogP contribution is 2.19. The maximum atomic E-state index is 12.0. The molecule has 1 heterocycles. The largest absolute Gasteiger partial charge is 0.373 e. The van der Waals surface area contributed by atoms with Crippen LogP contribution in [0.5, 0.6) is 0 Å². The fourth-order valence-corrected chi connectivity index (χ4v) is 1.31. The van der Waals surface area contributed by atoms with E-state index in [0.29, 0.717) is 6.42 Å². The first-order chi connectivity index (χ1) is 8.08. The molecule has 1 aromatic heterocycles. The van der Waals surface area contributed by atoms with E-state index in [1.165, 1.54) is 7.11 Å². The average molecular weight is 248 g/mol. The van der Waals surface area contributed by atoms with E-state index in [0.717, 1.165) is 6.42 Å². The van der Waals surface area contributed by atoms with Crippen LogP contribution in [0.25, 0.3) is 0 Å². The molecule has 1 atom stereocenters. The Kier molecular flexibility index (Phi) is 5.14. The fraction of sp³-hybridized carbons (Fsp3) is 0.700. The summed E-state index contributed by atoms with van der Waals surface area (Å²) >= 11 is 0. The third-order valence-corrected chi connectivity index (χ3v) is 2.18. The summed E-state index contributed by atoms with van der Waals surface area (Å²) in [5.74, 6) is -1.06. The molecule has 0 aromatic carbocycles. The van der Waals surface area contributed by atoms with Crippen molar-refractivity contribution < 1.29 is 22.8 Å². The van der Waals surface area contributed by atoms with Gasteiger partial charge in [-0.3, -0.25) is 4.79 Å². The van der Waals surface area contributed by atoms with E-state index in [2.05, 4.69) is 10.1 Å². The number of alkyl halides is 2. The van der Waals surface area contributed by atoms with E-state index in [4.69, 9.17) is 9.26 Å². The Morgan fingerprint density at radius 1 is 1.53 bits per heavy atom. The number of ketones is 1. The monoisotopic (exact) mass is 248 g/mol. The molecule has 17 heavy (non-hydrogen) atoms. The van der Waals surface area contributed by atoms with Crippen LogP contribution in [0.15, 0.2) is 4.52 Å². The zero-order valence-corrected chi connectivity index (χ0v) is 9.65. The van der Waals surface area contributed by atoms with E-state index in [1.807, 2.05) is 6.92 Å². The first-order valence-corrected chi connectivity index (χ1v) is 5.24. The van der Waals surface area contributed by atoms with Gasteiger partial charge in [-0.15, -0.1) is 0 Å². The fourth-order valence-electron chi connectivity index (χ4n) is 1.31. The van der Waals surface area contributed by atoms with Crippen molar-refractivity contribution >= 4 is 5.78 Å². The predicted octanol–water partition coefficient (Wildman–Crippen LogP) is 1.93. The predicted molar refractivity (Wildman–Crippen MR) is 53.7 cm³/mol. The lowest BCUT2D eigenvalue weighted by Crippen LogP contribution is -2.13. The van der Waals surface area contributed by atoms with Gasteiger partial charge in [-0.05, 0) is 6.42 Å². The second-order valence-electron chi connectivity index (χ2n) is 3.50. The summed E-state index contributed by atoms with van der Waals surface area (Å²) in [4.78, 5) is 14.6. The van der Waals surface area contributed by atoms with Gasteiger partial charge in [0.05, 0.1) is 6.42 Å². The number of ether oxygens (including phenoxy) is 1. The molecule has 0 aliphatic heterocycles. The molecule has 0 aliphatic rings. The van der Waals surface area contributed by atoms with Crippen LogP contribution in [0.1, 0.15) is 37.6 Å². The van der Waals surface area contributed by atoms with Crippen molar-refractivity contribution in [2.45, 2.75) is 38.7 Å². The van der Waals surface area contributed by atoms with Crippen LogP contribution in [0, 0.1) is 0 Å². The third kappa shape index (κ3) is 3.85. The maximum absolute atomic E-state index is 12.0. The highest BCUT2D eigenvalue weighted by Gasteiger charge is 2.22. The molecule has 1 rings (SSSR count). The molecule has 1 unspecified atom stereocenters. The summed E-state index contributed by atoms with van der Waals surface area (Å²) in [6, 6.07) is 0. The Bertz CT molecular complexity index is 368. The number of hydrogen-bond donors (Lipinski definition) is 0. The van der Waals surface area contributed by atoms with Crippen molar-refractivity contribution in [1.29, 1.82) is 0 Å². The Hall–Kier alpha value is -1.37. The van der Waals surface area contributed by atoms with Crippen LogP contribution in [0.3, 0.4) is 0 Å². The van der Waals surface area contributed by atoms with Crippen molar-refractivity contribution in [3.63, 3.8) is 0 Å². The van der Waals surface area contributed by atoms with Crippen molar-refractivity contribution in [2.75, 3.05) is 7.11 Å². The lowest BCUT2D eigenvalue weighted by atomic mass is 10.2. The summed E-state index contributed by atoms with van der Waals surface area (Å²) in [6.07, 6.45) is -2.34. The highest BCUT2D eigenvalue weighted by molar-refractivity contribution is 5.82. The second kappa shape index (κ2) is 6.39. The summed E-state index contributed by atoms with van der Waals surface area (Å²) in [5.41, 5.74) is 0. The highest BCUT2D eigenvalue weighted by atomic mass is 19.3. The molecule has 0 amide bonds. The van der Waals surface area contributed by atoms with E-state index in [9.17, 15) is 13.6 Å². The van der Waals surface area contributed by atoms with E-state index in [1.54, 1.807) is 0 Å². The van der Waals surface area contributed by atoms with Gasteiger partial charge in [-0.1, -0.05) is 18.5 Å². The van der Waals surface area contributed by atoms with Gasteiger partial charge < -0.3 is 9.26 Å². The van der Waals surface area contributed by atoms with Gasteiger partial charge >= 0.3 is 0 Å². The Morgan fingerprint density at radius 2 is 2.24 bits per heavy atom. The van der Waals surface area contributed by atoms with Gasteiger partial charge in [-0.2, -0.15) is 4.98 Å². The molecule has 96 valence electrons. The Morgan fingerprint density at radius 3 is 2.76 bits per heavy atom. The van der Waals surface area contributed by atoms with Gasteiger partial charge in [-0.25, -0.2) is 8.78 Å². The van der Waals surface area contributed by atoms with Crippen LogP contribution in [-0.4, -0.2) is 29.5 Å². The van der Waals surface area contributed by atoms with Gasteiger partial charge in [0.25, 0.3) is 6.43 Å². The van der Waals surface area contributed by atoms with Crippen molar-refractivity contribution in [2.24, 2.45) is 0 Å². The van der Waals surface area contributed by atoms with Gasteiger partial charge in [0, 0.05) is 7.11 Å². The smallest absolute Gasteiger partial charge is 0.296 e. The lowest BCUT2D eigenvalue weighted by Gasteiger charge is -2.08. The minimum Gasteiger partial charge on any atom is -0.373 e. The van der Waals surface area contributed by atoms with E-state index in [-0.39, 0.29) is 17.8 Å². The average Bonchev–Trinajstić information content (AvgIpc) is 2.74. The quantitative estimate of drug-likeness (QED) is 0.737. The number of nitrogens with zero attached hydrogens (tertiary/aromatic N) is 2. The number of hydrogen-bond acceptors (Lipinski definition) is 5. The normalized spacial score (nSPS) is 13.0. The van der Waals surface area contributed by atoms with Crippen LogP contribution < -0.4 is 0 Å². The van der Waals surface area contributed by atoms with E-state index >= 15 is 0 Å². The molecular formula is C10H14F2N2O3. The molecule has 0 radical (unpaired) electrons. The lowest BCUT2D eigenvalue weighted by molar-refractivity contribution is -0.129. The molecule has 0 spiro atoms. The second-order valence-corrected chi connectivity index (χ2v) is 3.50. The maximum Gasteiger partial charge on any atom is 0.296 e. The number of Topliss-reactive ketones (excluding diaryl/α,β-unsaturated/α-hetero) is 1. The van der Waals surface area contributed by atoms with E-state index < -0.39 is 18.6 Å². The Balaban J connectivity index is 2.67. The molecule has 0 bridgehead atoms. The number of halogens is 2. The molecule has 0 saturated carbocycles. The topological polar surface area (TPSA) is 65.2 Å². The van der Waals surface area contributed by atoms with Crippen molar-refractivity contribution in [1.82, 2.24) is 10.1 Å². The summed E-state index contributed by atoms with van der Waals surface area (Å²) in [6.45, 7) is 1.97. The number of aromatic nitrogens is 2. The molecule has 5 nitrogen and oxygen atoms in total. The molecule has 1 aromatic rings. The first kappa shape index (κ1) is 13.7. The van der Waals surface area contributed by atoms with Crippen LogP contribution in [0.4, 0.5) is 8.78 Å². The third-order valence-electron chi connectivity index (χ3n) is 2.18. The molecule has 0 fully saturated rings. The van der Waals surface area contributed by atoms with Crippen LogP contribution in [-0.2, 0) is 16.0 Å². The minimum atomic E-state index is -3.01. The summed E-state index contributed by atoms with van der Waals surface area (Å²) in [7, 11) is 1.50. The summed E-state index contributed by atoms with van der Waals surface area (Å²) in [5, 5.41) is 3.61. The number of carbonyl (C=O) groups is 1. The molecule has 0 saturated heterocycles. The molecular weight excluding hydrogens is 234 g/mol. The molecule has 7 heteroatoms. The minimum absolute atomic E-state index is 0.108. The number of carbonyl (C=O) groups excluding carboxylic acids is 1. The molecule has 0 aliphatic carbocycles. The number of methoxy groups -OCH3 is 1. The van der Waals surface area contributed by atoms with Gasteiger partial charge in [0.15, 0.2) is 0 Å². The molecule has 0 N–H and O–H groups in total. The van der Waals surface area contributed by atoms with Crippen LogP contribution in [0.2, 0.25) is 0 Å². The Labute approximate surface area is 97.1 Å².